The molecule has 3 aromatic heterocycles. The van der Waals surface area contributed by atoms with Gasteiger partial charge in [0.05, 0.1) is 27.6 Å². The molecule has 0 aliphatic rings. The molecule has 0 aliphatic heterocycles. The number of hydrogen-bond acceptors (Lipinski definition) is 1. The molecule has 0 atom stereocenters. The first-order valence-corrected chi connectivity index (χ1v) is 15.7. The van der Waals surface area contributed by atoms with E-state index < -0.39 is 0 Å². The maximum absolute atomic E-state index is 5.22. The smallest absolute Gasteiger partial charge is 0.146 e. The molecule has 0 spiro atoms. The number of nitrogens with zero attached hydrogens (tertiary/aromatic N) is 3. The van der Waals surface area contributed by atoms with Crippen molar-refractivity contribution >= 4 is 60.2 Å². The van der Waals surface area contributed by atoms with Crippen molar-refractivity contribution in [1.29, 1.82) is 0 Å². The van der Waals surface area contributed by atoms with Gasteiger partial charge in [0.15, 0.2) is 0 Å². The SMILES string of the molecule is c1ccc(-c2cc(-c3ccccc3)cc(-n3c4ccccc4c4cc5c6ccccc6n6c7ccccc7nc6c5cc43)c2)cc1. The van der Waals surface area contributed by atoms with E-state index in [4.69, 9.17) is 4.98 Å². The third kappa shape index (κ3) is 3.63. The molecule has 0 fully saturated rings. The predicted octanol–water partition coefficient (Wildman–Crippen LogP) is 11.2. The molecule has 0 aliphatic carbocycles. The van der Waals surface area contributed by atoms with E-state index in [-0.39, 0.29) is 0 Å². The Hall–Kier alpha value is -6.19. The van der Waals surface area contributed by atoms with Crippen molar-refractivity contribution in [1.82, 2.24) is 14.0 Å². The van der Waals surface area contributed by atoms with E-state index in [1.165, 1.54) is 60.3 Å². The van der Waals surface area contributed by atoms with Gasteiger partial charge in [-0.25, -0.2) is 4.98 Å². The summed E-state index contributed by atoms with van der Waals surface area (Å²) < 4.78 is 4.77. The lowest BCUT2D eigenvalue weighted by Gasteiger charge is -2.15. The van der Waals surface area contributed by atoms with Crippen molar-refractivity contribution in [2.75, 3.05) is 0 Å². The normalized spacial score (nSPS) is 11.9. The minimum absolute atomic E-state index is 0.983. The van der Waals surface area contributed by atoms with Crippen LogP contribution in [-0.2, 0) is 0 Å². The Balaban J connectivity index is 1.37. The first kappa shape index (κ1) is 25.2. The highest BCUT2D eigenvalue weighted by molar-refractivity contribution is 6.21. The maximum Gasteiger partial charge on any atom is 0.146 e. The Morgan fingerprint density at radius 2 is 0.913 bits per heavy atom. The van der Waals surface area contributed by atoms with Crippen molar-refractivity contribution in [2.24, 2.45) is 0 Å². The predicted molar refractivity (Wildman–Crippen MR) is 193 cm³/mol. The molecule has 0 radical (unpaired) electrons. The largest absolute Gasteiger partial charge is 0.309 e. The molecular formula is C43H27N3. The third-order valence-corrected chi connectivity index (χ3v) is 9.44. The summed E-state index contributed by atoms with van der Waals surface area (Å²) in [6.07, 6.45) is 0. The average molecular weight is 586 g/mol. The maximum atomic E-state index is 5.22. The van der Waals surface area contributed by atoms with E-state index >= 15 is 0 Å². The molecule has 7 aromatic carbocycles. The highest BCUT2D eigenvalue weighted by atomic mass is 15.0. The van der Waals surface area contributed by atoms with Gasteiger partial charge < -0.3 is 4.57 Å². The second-order valence-corrected chi connectivity index (χ2v) is 12.0. The standard InChI is InChI=1S/C43H27N3/c1-3-13-28(14-4-1)30-23-31(29-15-5-2-6-16-29)25-32(24-30)45-39-20-10-8-18-34(39)36-26-35-33-17-7-11-21-40(33)46-41-22-12-9-19-38(41)44-43(46)37(35)27-42(36)45/h1-27H. The van der Waals surface area contributed by atoms with Gasteiger partial charge in [0, 0.05) is 27.2 Å². The molecule has 0 N–H and O–H groups in total. The summed E-state index contributed by atoms with van der Waals surface area (Å²) in [5, 5.41) is 6.07. The highest BCUT2D eigenvalue weighted by Crippen LogP contribution is 2.40. The second-order valence-electron chi connectivity index (χ2n) is 12.0. The minimum atomic E-state index is 0.983. The highest BCUT2D eigenvalue weighted by Gasteiger charge is 2.19. The summed E-state index contributed by atoms with van der Waals surface area (Å²) in [5.74, 6) is 0. The van der Waals surface area contributed by atoms with Gasteiger partial charge in [0.25, 0.3) is 0 Å². The Morgan fingerprint density at radius 3 is 1.61 bits per heavy atom. The van der Waals surface area contributed by atoms with Gasteiger partial charge in [-0.3, -0.25) is 4.40 Å². The summed E-state index contributed by atoms with van der Waals surface area (Å²) in [4.78, 5) is 5.22. The number of pyridine rings is 1. The van der Waals surface area contributed by atoms with Crippen LogP contribution in [0.5, 0.6) is 0 Å². The molecule has 0 amide bonds. The van der Waals surface area contributed by atoms with Gasteiger partial charge in [0.2, 0.25) is 0 Å². The van der Waals surface area contributed by atoms with Gasteiger partial charge in [-0.1, -0.05) is 109 Å². The molecule has 3 heteroatoms. The quantitative estimate of drug-likeness (QED) is 0.189. The van der Waals surface area contributed by atoms with Crippen LogP contribution in [0.4, 0.5) is 0 Å². The van der Waals surface area contributed by atoms with Gasteiger partial charge >= 0.3 is 0 Å². The lowest BCUT2D eigenvalue weighted by molar-refractivity contribution is 1.18. The zero-order valence-electron chi connectivity index (χ0n) is 24.9. The van der Waals surface area contributed by atoms with Gasteiger partial charge in [-0.2, -0.15) is 0 Å². The Bertz CT molecular complexity index is 2730. The summed E-state index contributed by atoms with van der Waals surface area (Å²) in [5.41, 5.74) is 12.6. The van der Waals surface area contributed by atoms with E-state index in [2.05, 4.69) is 173 Å². The Kier molecular flexibility index (Phi) is 5.28. The first-order chi connectivity index (χ1) is 22.8. The number of hydrogen-bond donors (Lipinski definition) is 0. The van der Waals surface area contributed by atoms with Crippen LogP contribution >= 0.6 is 0 Å². The van der Waals surface area contributed by atoms with Crippen LogP contribution in [-0.4, -0.2) is 14.0 Å². The first-order valence-electron chi connectivity index (χ1n) is 15.7. The number of rotatable bonds is 3. The minimum Gasteiger partial charge on any atom is -0.309 e. The van der Waals surface area contributed by atoms with Gasteiger partial charge in [0.1, 0.15) is 5.65 Å². The zero-order chi connectivity index (χ0) is 30.2. The lowest BCUT2D eigenvalue weighted by atomic mass is 9.98. The fraction of sp³-hybridized carbons (Fsp3) is 0. The van der Waals surface area contributed by atoms with E-state index in [9.17, 15) is 0 Å². The Morgan fingerprint density at radius 1 is 0.348 bits per heavy atom. The molecule has 0 bridgehead atoms. The summed E-state index contributed by atoms with van der Waals surface area (Å²) in [6, 6.07) is 59.1. The molecular weight excluding hydrogens is 558 g/mol. The summed E-state index contributed by atoms with van der Waals surface area (Å²) >= 11 is 0. The van der Waals surface area contributed by atoms with E-state index in [0.29, 0.717) is 0 Å². The van der Waals surface area contributed by atoms with Crippen LogP contribution in [0.15, 0.2) is 164 Å². The van der Waals surface area contributed by atoms with Crippen molar-refractivity contribution in [3.63, 3.8) is 0 Å². The van der Waals surface area contributed by atoms with E-state index in [1.807, 2.05) is 0 Å². The van der Waals surface area contributed by atoms with Crippen LogP contribution in [0, 0.1) is 0 Å². The summed E-state index contributed by atoms with van der Waals surface area (Å²) in [7, 11) is 0. The van der Waals surface area contributed by atoms with Gasteiger partial charge in [-0.05, 0) is 82.2 Å². The number of imidazole rings is 1. The van der Waals surface area contributed by atoms with Crippen molar-refractivity contribution < 1.29 is 0 Å². The van der Waals surface area contributed by atoms with E-state index in [0.717, 1.165) is 27.8 Å². The second kappa shape index (κ2) is 9.65. The van der Waals surface area contributed by atoms with Crippen molar-refractivity contribution in [2.45, 2.75) is 0 Å². The zero-order valence-corrected chi connectivity index (χ0v) is 24.9. The fourth-order valence-electron chi connectivity index (χ4n) is 7.38. The number of fused-ring (bicyclic) bond motifs is 11. The van der Waals surface area contributed by atoms with Crippen LogP contribution < -0.4 is 0 Å². The number of benzene rings is 7. The van der Waals surface area contributed by atoms with Crippen LogP contribution in [0.2, 0.25) is 0 Å². The molecule has 3 heterocycles. The molecule has 46 heavy (non-hydrogen) atoms. The van der Waals surface area contributed by atoms with Crippen molar-refractivity contribution in [3.8, 4) is 27.9 Å². The summed E-state index contributed by atoms with van der Waals surface area (Å²) in [6.45, 7) is 0. The average Bonchev–Trinajstić information content (AvgIpc) is 3.68. The van der Waals surface area contributed by atoms with Crippen LogP contribution in [0.3, 0.4) is 0 Å². The molecule has 0 saturated carbocycles. The van der Waals surface area contributed by atoms with Gasteiger partial charge in [-0.15, -0.1) is 0 Å². The molecule has 214 valence electrons. The number of para-hydroxylation sites is 4. The van der Waals surface area contributed by atoms with Crippen molar-refractivity contribution in [3.05, 3.63) is 164 Å². The molecule has 0 saturated heterocycles. The fourth-order valence-corrected chi connectivity index (χ4v) is 7.38. The molecule has 0 unspecified atom stereocenters. The molecule has 10 rings (SSSR count). The lowest BCUT2D eigenvalue weighted by Crippen LogP contribution is -1.97. The third-order valence-electron chi connectivity index (χ3n) is 9.44. The van der Waals surface area contributed by atoms with Crippen LogP contribution in [0.1, 0.15) is 0 Å². The monoisotopic (exact) mass is 585 g/mol. The molecule has 3 nitrogen and oxygen atoms in total. The topological polar surface area (TPSA) is 22.2 Å². The Labute approximate surface area is 265 Å². The van der Waals surface area contributed by atoms with Crippen LogP contribution in [0.25, 0.3) is 88.1 Å². The number of aromatic nitrogens is 3. The van der Waals surface area contributed by atoms with E-state index in [1.54, 1.807) is 0 Å². The molecule has 10 aromatic rings.